The van der Waals surface area contributed by atoms with Gasteiger partial charge in [-0.2, -0.15) is 0 Å². The van der Waals surface area contributed by atoms with Gasteiger partial charge in [0.15, 0.2) is 0 Å². The molecule has 5 aromatic rings. The van der Waals surface area contributed by atoms with Crippen molar-refractivity contribution >= 4 is 32.7 Å². The van der Waals surface area contributed by atoms with Crippen LogP contribution in [0.3, 0.4) is 0 Å². The Labute approximate surface area is 152 Å². The van der Waals surface area contributed by atoms with Gasteiger partial charge in [-0.3, -0.25) is 0 Å². The Hall–Kier alpha value is -3.06. The molecule has 0 aliphatic rings. The zero-order valence-electron chi connectivity index (χ0n) is 15.0. The third-order valence-corrected chi connectivity index (χ3v) is 5.25. The maximum atomic E-state index is 6.14. The molecule has 4 aromatic carbocycles. The van der Waals surface area contributed by atoms with E-state index < -0.39 is 0 Å². The molecule has 126 valence electrons. The number of fused-ring (bicyclic) bond motifs is 4. The van der Waals surface area contributed by atoms with Crippen molar-refractivity contribution in [2.75, 3.05) is 0 Å². The lowest BCUT2D eigenvalue weighted by molar-refractivity contribution is 0.668. The highest BCUT2D eigenvalue weighted by atomic mass is 16.3. The van der Waals surface area contributed by atoms with Gasteiger partial charge in [-0.15, -0.1) is 0 Å². The molecule has 0 spiro atoms. The third kappa shape index (κ3) is 2.32. The summed E-state index contributed by atoms with van der Waals surface area (Å²) in [7, 11) is 0. The van der Waals surface area contributed by atoms with E-state index in [9.17, 15) is 0 Å². The Morgan fingerprint density at radius 3 is 2.38 bits per heavy atom. The first kappa shape index (κ1) is 15.2. The van der Waals surface area contributed by atoms with Crippen molar-refractivity contribution in [1.82, 2.24) is 0 Å². The van der Waals surface area contributed by atoms with E-state index in [1.165, 1.54) is 38.2 Å². The second-order valence-corrected chi connectivity index (χ2v) is 7.25. The molecule has 0 saturated heterocycles. The Morgan fingerprint density at radius 2 is 1.54 bits per heavy atom. The number of hydrogen-bond acceptors (Lipinski definition) is 1. The predicted octanol–water partition coefficient (Wildman–Crippen LogP) is 7.53. The minimum Gasteiger partial charge on any atom is -0.456 e. The second kappa shape index (κ2) is 5.74. The van der Waals surface area contributed by atoms with E-state index in [0.29, 0.717) is 5.92 Å². The van der Waals surface area contributed by atoms with Gasteiger partial charge in [0.05, 0.1) is 0 Å². The Balaban J connectivity index is 1.83. The number of hydrogen-bond donors (Lipinski definition) is 0. The Kier molecular flexibility index (Phi) is 3.36. The SMILES string of the molecule is CC(C)c1ccc2oc3cccc(-c4ccc5ccccc5c4)c3c2c1. The molecule has 0 unspecified atom stereocenters. The van der Waals surface area contributed by atoms with Crippen LogP contribution in [0.25, 0.3) is 43.8 Å². The van der Waals surface area contributed by atoms with Crippen LogP contribution in [-0.4, -0.2) is 0 Å². The smallest absolute Gasteiger partial charge is 0.136 e. The molecule has 0 amide bonds. The molecular weight excluding hydrogens is 316 g/mol. The van der Waals surface area contributed by atoms with Crippen molar-refractivity contribution in [1.29, 1.82) is 0 Å². The van der Waals surface area contributed by atoms with Crippen molar-refractivity contribution in [2.45, 2.75) is 19.8 Å². The lowest BCUT2D eigenvalue weighted by atomic mass is 9.95. The van der Waals surface area contributed by atoms with Gasteiger partial charge in [-0.25, -0.2) is 0 Å². The highest BCUT2D eigenvalue weighted by molar-refractivity contribution is 6.13. The van der Waals surface area contributed by atoms with E-state index in [1.807, 2.05) is 0 Å². The minimum atomic E-state index is 0.497. The molecule has 0 fully saturated rings. The molecule has 0 saturated carbocycles. The standard InChI is InChI=1S/C25H20O/c1-16(2)18-12-13-23-22(15-18)25-21(8-5-9-24(25)26-23)20-11-10-17-6-3-4-7-19(17)14-20/h3-16H,1-2H3. The van der Waals surface area contributed by atoms with E-state index in [2.05, 4.69) is 92.7 Å². The van der Waals surface area contributed by atoms with Crippen molar-refractivity contribution in [3.8, 4) is 11.1 Å². The molecule has 1 nitrogen and oxygen atoms in total. The third-order valence-electron chi connectivity index (χ3n) is 5.25. The van der Waals surface area contributed by atoms with E-state index in [0.717, 1.165) is 11.2 Å². The fourth-order valence-corrected chi connectivity index (χ4v) is 3.80. The summed E-state index contributed by atoms with van der Waals surface area (Å²) in [5.41, 5.74) is 5.71. The quantitative estimate of drug-likeness (QED) is 0.325. The Bertz CT molecular complexity index is 1260. The average molecular weight is 336 g/mol. The molecule has 1 aromatic heterocycles. The lowest BCUT2D eigenvalue weighted by Crippen LogP contribution is -1.86. The van der Waals surface area contributed by atoms with Crippen molar-refractivity contribution in [3.05, 3.63) is 84.4 Å². The van der Waals surface area contributed by atoms with Crippen LogP contribution in [0.2, 0.25) is 0 Å². The van der Waals surface area contributed by atoms with Gasteiger partial charge < -0.3 is 4.42 Å². The normalized spacial score (nSPS) is 11.8. The summed E-state index contributed by atoms with van der Waals surface area (Å²) in [5.74, 6) is 0.497. The summed E-state index contributed by atoms with van der Waals surface area (Å²) < 4.78 is 6.14. The molecule has 1 heterocycles. The summed E-state index contributed by atoms with van der Waals surface area (Å²) >= 11 is 0. The average Bonchev–Trinajstić information content (AvgIpc) is 3.05. The summed E-state index contributed by atoms with van der Waals surface area (Å²) in [6, 6.07) is 28.1. The second-order valence-electron chi connectivity index (χ2n) is 7.25. The predicted molar refractivity (Wildman–Crippen MR) is 111 cm³/mol. The summed E-state index contributed by atoms with van der Waals surface area (Å²) in [5, 5.41) is 4.94. The van der Waals surface area contributed by atoms with E-state index in [4.69, 9.17) is 4.42 Å². The van der Waals surface area contributed by atoms with Gasteiger partial charge >= 0.3 is 0 Å². The largest absolute Gasteiger partial charge is 0.456 e. The summed E-state index contributed by atoms with van der Waals surface area (Å²) in [6.45, 7) is 4.46. The van der Waals surface area contributed by atoms with Gasteiger partial charge in [-0.1, -0.05) is 68.4 Å². The zero-order valence-corrected chi connectivity index (χ0v) is 15.0. The Morgan fingerprint density at radius 1 is 0.692 bits per heavy atom. The molecule has 0 aliphatic heterocycles. The summed E-state index contributed by atoms with van der Waals surface area (Å²) in [4.78, 5) is 0. The van der Waals surface area contributed by atoms with Crippen LogP contribution in [0.4, 0.5) is 0 Å². The van der Waals surface area contributed by atoms with Gasteiger partial charge in [0.1, 0.15) is 11.2 Å². The highest BCUT2D eigenvalue weighted by Gasteiger charge is 2.14. The zero-order chi connectivity index (χ0) is 17.7. The first-order chi connectivity index (χ1) is 12.7. The molecule has 0 radical (unpaired) electrons. The maximum Gasteiger partial charge on any atom is 0.136 e. The molecule has 0 atom stereocenters. The van der Waals surface area contributed by atoms with Crippen molar-refractivity contribution in [2.24, 2.45) is 0 Å². The number of rotatable bonds is 2. The molecule has 1 heteroatoms. The molecular formula is C25H20O. The van der Waals surface area contributed by atoms with Crippen molar-refractivity contribution in [3.63, 3.8) is 0 Å². The molecule has 0 aliphatic carbocycles. The van der Waals surface area contributed by atoms with Crippen LogP contribution in [0.5, 0.6) is 0 Å². The topological polar surface area (TPSA) is 13.1 Å². The highest BCUT2D eigenvalue weighted by Crippen LogP contribution is 2.38. The summed E-state index contributed by atoms with van der Waals surface area (Å²) in [6.07, 6.45) is 0. The van der Waals surface area contributed by atoms with Crippen LogP contribution in [0.1, 0.15) is 25.3 Å². The maximum absolute atomic E-state index is 6.14. The minimum absolute atomic E-state index is 0.497. The number of benzene rings is 4. The van der Waals surface area contributed by atoms with Crippen LogP contribution < -0.4 is 0 Å². The van der Waals surface area contributed by atoms with Gasteiger partial charge in [0.25, 0.3) is 0 Å². The van der Waals surface area contributed by atoms with Crippen molar-refractivity contribution < 1.29 is 4.42 Å². The molecule has 26 heavy (non-hydrogen) atoms. The molecule has 0 N–H and O–H groups in total. The van der Waals surface area contributed by atoms with E-state index in [-0.39, 0.29) is 0 Å². The first-order valence-electron chi connectivity index (χ1n) is 9.15. The van der Waals surface area contributed by atoms with E-state index >= 15 is 0 Å². The lowest BCUT2D eigenvalue weighted by Gasteiger charge is -2.07. The van der Waals surface area contributed by atoms with Crippen LogP contribution in [0, 0.1) is 0 Å². The van der Waals surface area contributed by atoms with Gasteiger partial charge in [-0.05, 0) is 57.6 Å². The monoisotopic (exact) mass is 336 g/mol. The van der Waals surface area contributed by atoms with E-state index in [1.54, 1.807) is 0 Å². The number of furan rings is 1. The fourth-order valence-electron chi connectivity index (χ4n) is 3.80. The van der Waals surface area contributed by atoms with Gasteiger partial charge in [0, 0.05) is 10.8 Å². The van der Waals surface area contributed by atoms with Crippen LogP contribution >= 0.6 is 0 Å². The fraction of sp³-hybridized carbons (Fsp3) is 0.120. The van der Waals surface area contributed by atoms with Crippen LogP contribution in [-0.2, 0) is 0 Å². The molecule has 5 rings (SSSR count). The molecule has 0 bridgehead atoms. The van der Waals surface area contributed by atoms with Gasteiger partial charge in [0.2, 0.25) is 0 Å². The van der Waals surface area contributed by atoms with Crippen LogP contribution in [0.15, 0.2) is 83.3 Å². The first-order valence-corrected chi connectivity index (χ1v) is 9.15.